The van der Waals surface area contributed by atoms with Gasteiger partial charge in [0.1, 0.15) is 0 Å². The maximum atomic E-state index is 5.82. The van der Waals surface area contributed by atoms with Crippen molar-refractivity contribution in [2.45, 2.75) is 52.3 Å². The first-order valence-electron chi connectivity index (χ1n) is 7.49. The zero-order valence-electron chi connectivity index (χ0n) is 13.4. The highest BCUT2D eigenvalue weighted by atomic mass is 16.5. The summed E-state index contributed by atoms with van der Waals surface area (Å²) < 4.78 is 7.85. The van der Waals surface area contributed by atoms with E-state index >= 15 is 0 Å². The van der Waals surface area contributed by atoms with E-state index in [2.05, 4.69) is 24.5 Å². The lowest BCUT2D eigenvalue weighted by Gasteiger charge is -2.23. The summed E-state index contributed by atoms with van der Waals surface area (Å²) in [4.78, 5) is 0. The van der Waals surface area contributed by atoms with Gasteiger partial charge in [-0.15, -0.1) is 0 Å². The number of hydrazine groups is 1. The summed E-state index contributed by atoms with van der Waals surface area (Å²) in [6, 6.07) is 8.35. The molecule has 0 bridgehead atoms. The molecule has 3 N–H and O–H groups in total. The molecule has 1 heterocycles. The Morgan fingerprint density at radius 1 is 1.33 bits per heavy atom. The number of ether oxygens (including phenoxy) is 1. The fourth-order valence-electron chi connectivity index (χ4n) is 2.34. The molecule has 116 valence electrons. The van der Waals surface area contributed by atoms with Crippen molar-refractivity contribution < 1.29 is 4.74 Å². The molecule has 1 unspecified atom stereocenters. The zero-order valence-corrected chi connectivity index (χ0v) is 13.4. The highest BCUT2D eigenvalue weighted by Gasteiger charge is 2.18. The van der Waals surface area contributed by atoms with Crippen molar-refractivity contribution >= 4 is 10.9 Å². The molecular formula is C16H26N4O. The molecule has 0 saturated heterocycles. The van der Waals surface area contributed by atoms with E-state index in [9.17, 15) is 0 Å². The number of benzene rings is 1. The Balaban J connectivity index is 2.18. The summed E-state index contributed by atoms with van der Waals surface area (Å²) in [6.45, 7) is 9.66. The van der Waals surface area contributed by atoms with Gasteiger partial charge in [-0.2, -0.15) is 5.10 Å². The van der Waals surface area contributed by atoms with Crippen molar-refractivity contribution in [3.05, 3.63) is 30.0 Å². The minimum absolute atomic E-state index is 0.0489. The van der Waals surface area contributed by atoms with Crippen LogP contribution < -0.4 is 11.3 Å². The fourth-order valence-corrected chi connectivity index (χ4v) is 2.34. The fraction of sp³-hybridized carbons (Fsp3) is 0.562. The van der Waals surface area contributed by atoms with E-state index in [1.54, 1.807) is 0 Å². The normalized spacial score (nSPS) is 13.8. The Labute approximate surface area is 126 Å². The Bertz CT molecular complexity index is 585. The summed E-state index contributed by atoms with van der Waals surface area (Å²) >= 11 is 0. The van der Waals surface area contributed by atoms with Crippen LogP contribution in [0.5, 0.6) is 0 Å². The van der Waals surface area contributed by atoms with E-state index in [4.69, 9.17) is 15.7 Å². The summed E-state index contributed by atoms with van der Waals surface area (Å²) in [6.07, 6.45) is 0.750. The van der Waals surface area contributed by atoms with Gasteiger partial charge in [-0.3, -0.25) is 16.0 Å². The molecule has 5 nitrogen and oxygen atoms in total. The Hall–Kier alpha value is -1.43. The number of para-hydroxylation sites is 1. The molecule has 1 atom stereocenters. The van der Waals surface area contributed by atoms with Crippen LogP contribution in [0.25, 0.3) is 10.9 Å². The van der Waals surface area contributed by atoms with E-state index in [0.29, 0.717) is 6.61 Å². The Morgan fingerprint density at radius 2 is 2.05 bits per heavy atom. The number of fused-ring (bicyclic) bond motifs is 1. The van der Waals surface area contributed by atoms with Crippen LogP contribution in [0.15, 0.2) is 24.3 Å². The predicted molar refractivity (Wildman–Crippen MR) is 85.9 cm³/mol. The quantitative estimate of drug-likeness (QED) is 0.632. The number of nitrogens with two attached hydrogens (primary N) is 1. The number of nitrogens with zero attached hydrogens (tertiary/aromatic N) is 2. The third-order valence-corrected chi connectivity index (χ3v) is 3.43. The first-order valence-corrected chi connectivity index (χ1v) is 7.49. The molecule has 1 aromatic carbocycles. The van der Waals surface area contributed by atoms with Gasteiger partial charge in [-0.05, 0) is 33.8 Å². The Morgan fingerprint density at radius 3 is 2.67 bits per heavy atom. The van der Waals surface area contributed by atoms with Crippen LogP contribution in [0.1, 0.15) is 33.4 Å². The molecule has 0 spiro atoms. The zero-order chi connectivity index (χ0) is 15.5. The van der Waals surface area contributed by atoms with E-state index in [-0.39, 0.29) is 11.6 Å². The second-order valence-electron chi connectivity index (χ2n) is 6.27. The molecule has 1 aromatic heterocycles. The van der Waals surface area contributed by atoms with Crippen molar-refractivity contribution in [2.75, 3.05) is 6.61 Å². The first-order chi connectivity index (χ1) is 9.94. The highest BCUT2D eigenvalue weighted by molar-refractivity contribution is 5.82. The van der Waals surface area contributed by atoms with Gasteiger partial charge in [-0.1, -0.05) is 18.2 Å². The van der Waals surface area contributed by atoms with Gasteiger partial charge in [0.05, 0.1) is 29.5 Å². The van der Waals surface area contributed by atoms with E-state index < -0.39 is 0 Å². The van der Waals surface area contributed by atoms with Gasteiger partial charge >= 0.3 is 0 Å². The lowest BCUT2D eigenvalue weighted by Crippen LogP contribution is -2.42. The topological polar surface area (TPSA) is 65.1 Å². The van der Waals surface area contributed by atoms with Gasteiger partial charge in [0.25, 0.3) is 0 Å². The molecular weight excluding hydrogens is 264 g/mol. The number of hydrogen-bond acceptors (Lipinski definition) is 4. The van der Waals surface area contributed by atoms with Gasteiger partial charge < -0.3 is 4.74 Å². The van der Waals surface area contributed by atoms with Crippen molar-refractivity contribution in [1.82, 2.24) is 15.2 Å². The van der Waals surface area contributed by atoms with Gasteiger partial charge in [-0.25, -0.2) is 0 Å². The van der Waals surface area contributed by atoms with Crippen molar-refractivity contribution in [3.8, 4) is 0 Å². The van der Waals surface area contributed by atoms with Crippen molar-refractivity contribution in [2.24, 2.45) is 5.84 Å². The summed E-state index contributed by atoms with van der Waals surface area (Å²) in [5.41, 5.74) is 4.91. The molecule has 0 saturated carbocycles. The van der Waals surface area contributed by atoms with Gasteiger partial charge in [0.15, 0.2) is 0 Å². The standard InChI is InChI=1S/C16H26N4O/c1-5-20-15-9-7-6-8-13(15)14(19-20)10-12(18-17)11-21-16(2,3)4/h6-9,12,18H,5,10-11,17H2,1-4H3. The van der Waals surface area contributed by atoms with Crippen LogP contribution in [0, 0.1) is 0 Å². The van der Waals surface area contributed by atoms with E-state index in [0.717, 1.165) is 18.7 Å². The van der Waals surface area contributed by atoms with Crippen LogP contribution >= 0.6 is 0 Å². The third-order valence-electron chi connectivity index (χ3n) is 3.43. The lowest BCUT2D eigenvalue weighted by molar-refractivity contribution is -0.0144. The summed E-state index contributed by atoms with van der Waals surface area (Å²) in [5.74, 6) is 5.67. The molecule has 0 amide bonds. The van der Waals surface area contributed by atoms with Crippen LogP contribution in [0.4, 0.5) is 0 Å². The average Bonchev–Trinajstić information content (AvgIpc) is 2.80. The van der Waals surface area contributed by atoms with Gasteiger partial charge in [0, 0.05) is 18.4 Å². The molecule has 0 aliphatic carbocycles. The molecule has 0 aliphatic rings. The summed E-state index contributed by atoms with van der Waals surface area (Å²) in [5, 5.41) is 5.90. The number of aryl methyl sites for hydroxylation is 1. The molecule has 0 radical (unpaired) electrons. The monoisotopic (exact) mass is 290 g/mol. The van der Waals surface area contributed by atoms with Crippen molar-refractivity contribution in [3.63, 3.8) is 0 Å². The van der Waals surface area contributed by atoms with Crippen LogP contribution in [-0.2, 0) is 17.7 Å². The van der Waals surface area contributed by atoms with Crippen LogP contribution in [-0.4, -0.2) is 28.0 Å². The highest BCUT2D eigenvalue weighted by Crippen LogP contribution is 2.20. The smallest absolute Gasteiger partial charge is 0.0720 e. The van der Waals surface area contributed by atoms with E-state index in [1.165, 1.54) is 10.9 Å². The molecule has 21 heavy (non-hydrogen) atoms. The molecule has 0 fully saturated rings. The van der Waals surface area contributed by atoms with E-state index in [1.807, 2.05) is 37.6 Å². The Kier molecular flexibility index (Phi) is 4.98. The predicted octanol–water partition coefficient (Wildman–Crippen LogP) is 2.25. The number of rotatable bonds is 6. The maximum absolute atomic E-state index is 5.82. The number of aromatic nitrogens is 2. The van der Waals surface area contributed by atoms with Crippen LogP contribution in [0.3, 0.4) is 0 Å². The van der Waals surface area contributed by atoms with Crippen molar-refractivity contribution in [1.29, 1.82) is 0 Å². The second kappa shape index (κ2) is 6.56. The maximum Gasteiger partial charge on any atom is 0.0720 e. The number of nitrogens with one attached hydrogen (secondary N) is 1. The minimum Gasteiger partial charge on any atom is -0.374 e. The second-order valence-corrected chi connectivity index (χ2v) is 6.27. The van der Waals surface area contributed by atoms with Crippen LogP contribution in [0.2, 0.25) is 0 Å². The third kappa shape index (κ3) is 4.03. The summed E-state index contributed by atoms with van der Waals surface area (Å²) in [7, 11) is 0. The molecule has 2 aromatic rings. The minimum atomic E-state index is -0.167. The first kappa shape index (κ1) is 15.9. The number of hydrogen-bond donors (Lipinski definition) is 2. The SMILES string of the molecule is CCn1nc(CC(COC(C)(C)C)NN)c2ccccc21. The van der Waals surface area contributed by atoms with Gasteiger partial charge in [0.2, 0.25) is 0 Å². The molecule has 2 rings (SSSR count). The molecule has 5 heteroatoms. The largest absolute Gasteiger partial charge is 0.374 e. The lowest BCUT2D eigenvalue weighted by atomic mass is 10.1. The average molecular weight is 290 g/mol. The molecule has 0 aliphatic heterocycles.